The summed E-state index contributed by atoms with van der Waals surface area (Å²) >= 11 is 7.15. The number of nitrogens with zero attached hydrogens (tertiary/aromatic N) is 2. The van der Waals surface area contributed by atoms with E-state index in [4.69, 9.17) is 11.6 Å². The van der Waals surface area contributed by atoms with Gasteiger partial charge in [-0.1, -0.05) is 42.1 Å². The molecular formula is C12H13ClN2OS. The average Bonchev–Trinajstić information content (AvgIpc) is 2.77. The predicted octanol–water partition coefficient (Wildman–Crippen LogP) is 3.40. The largest absolute Gasteiger partial charge is 0.383 e. The minimum atomic E-state index is -0.703. The second kappa shape index (κ2) is 5.12. The van der Waals surface area contributed by atoms with E-state index in [1.54, 1.807) is 12.1 Å². The van der Waals surface area contributed by atoms with Crippen molar-refractivity contribution in [2.24, 2.45) is 0 Å². The Morgan fingerprint density at radius 3 is 2.76 bits per heavy atom. The van der Waals surface area contributed by atoms with Gasteiger partial charge in [-0.25, -0.2) is 0 Å². The minimum Gasteiger partial charge on any atom is -0.383 e. The molecule has 2 aromatic rings. The fourth-order valence-corrected chi connectivity index (χ4v) is 2.64. The molecule has 0 spiro atoms. The molecule has 17 heavy (non-hydrogen) atoms. The summed E-state index contributed by atoms with van der Waals surface area (Å²) in [5.41, 5.74) is 1.62. The molecule has 0 radical (unpaired) electrons. The summed E-state index contributed by atoms with van der Waals surface area (Å²) in [6.45, 7) is 4.07. The number of benzene rings is 1. The number of aromatic nitrogens is 2. The zero-order valence-corrected chi connectivity index (χ0v) is 11.2. The van der Waals surface area contributed by atoms with Gasteiger partial charge in [0.05, 0.1) is 10.6 Å². The molecule has 0 amide bonds. The van der Waals surface area contributed by atoms with Gasteiger partial charge in [0, 0.05) is 5.02 Å². The normalized spacial score (nSPS) is 13.0. The van der Waals surface area contributed by atoms with Gasteiger partial charge in [-0.05, 0) is 35.1 Å². The van der Waals surface area contributed by atoms with Crippen LogP contribution in [0.2, 0.25) is 5.02 Å². The summed E-state index contributed by atoms with van der Waals surface area (Å²) in [6.07, 6.45) is -0.703. The molecule has 1 aromatic heterocycles. The van der Waals surface area contributed by atoms with Crippen LogP contribution < -0.4 is 0 Å². The van der Waals surface area contributed by atoms with Crippen molar-refractivity contribution in [1.29, 1.82) is 0 Å². The molecule has 1 atom stereocenters. The van der Waals surface area contributed by atoms with Crippen molar-refractivity contribution in [3.63, 3.8) is 0 Å². The molecular weight excluding hydrogens is 256 g/mol. The summed E-state index contributed by atoms with van der Waals surface area (Å²) in [4.78, 5) is 0.794. The van der Waals surface area contributed by atoms with Crippen molar-refractivity contribution in [3.8, 4) is 0 Å². The Kier molecular flexibility index (Phi) is 3.76. The van der Waals surface area contributed by atoms with Crippen LogP contribution in [0.1, 0.15) is 42.0 Å². The van der Waals surface area contributed by atoms with Crippen molar-refractivity contribution in [2.75, 3.05) is 0 Å². The lowest BCUT2D eigenvalue weighted by Gasteiger charge is -2.11. The molecule has 0 saturated heterocycles. The highest BCUT2D eigenvalue weighted by molar-refractivity contribution is 7.05. The molecule has 1 heterocycles. The van der Waals surface area contributed by atoms with Crippen LogP contribution in [0, 0.1) is 0 Å². The van der Waals surface area contributed by atoms with Gasteiger partial charge in [0.1, 0.15) is 6.10 Å². The smallest absolute Gasteiger partial charge is 0.117 e. The SMILES string of the molecule is CC(C)c1nnsc1C(O)c1cccc(Cl)c1. The zero-order valence-electron chi connectivity index (χ0n) is 9.59. The van der Waals surface area contributed by atoms with Crippen LogP contribution in [0.25, 0.3) is 0 Å². The van der Waals surface area contributed by atoms with Gasteiger partial charge in [-0.3, -0.25) is 0 Å². The Hall–Kier alpha value is -0.970. The minimum absolute atomic E-state index is 0.248. The predicted molar refractivity (Wildman–Crippen MR) is 69.5 cm³/mol. The first-order valence-electron chi connectivity index (χ1n) is 5.35. The molecule has 0 aliphatic heterocycles. The maximum absolute atomic E-state index is 10.3. The third-order valence-electron chi connectivity index (χ3n) is 2.50. The highest BCUT2D eigenvalue weighted by Crippen LogP contribution is 2.31. The second-order valence-electron chi connectivity index (χ2n) is 4.13. The molecule has 1 unspecified atom stereocenters. The van der Waals surface area contributed by atoms with Crippen molar-refractivity contribution < 1.29 is 5.11 Å². The Morgan fingerprint density at radius 1 is 1.35 bits per heavy atom. The lowest BCUT2D eigenvalue weighted by molar-refractivity contribution is 0.222. The fourth-order valence-electron chi connectivity index (χ4n) is 1.62. The summed E-state index contributed by atoms with van der Waals surface area (Å²) in [7, 11) is 0. The first kappa shape index (κ1) is 12.5. The third kappa shape index (κ3) is 2.65. The molecule has 3 nitrogen and oxygen atoms in total. The topological polar surface area (TPSA) is 46.0 Å². The molecule has 0 bridgehead atoms. The molecule has 5 heteroatoms. The highest BCUT2D eigenvalue weighted by Gasteiger charge is 2.20. The maximum Gasteiger partial charge on any atom is 0.117 e. The van der Waals surface area contributed by atoms with E-state index in [2.05, 4.69) is 9.59 Å². The van der Waals surface area contributed by atoms with E-state index in [9.17, 15) is 5.11 Å². The van der Waals surface area contributed by atoms with Crippen molar-refractivity contribution in [2.45, 2.75) is 25.9 Å². The standard InChI is InChI=1S/C12H13ClN2OS/c1-7(2)10-12(17-15-14-10)11(16)8-4-3-5-9(13)6-8/h3-7,11,16H,1-2H3. The average molecular weight is 269 g/mol. The Morgan fingerprint density at radius 2 is 2.12 bits per heavy atom. The van der Waals surface area contributed by atoms with Crippen LogP contribution in [-0.2, 0) is 0 Å². The molecule has 0 saturated carbocycles. The number of rotatable bonds is 3. The molecule has 2 rings (SSSR count). The van der Waals surface area contributed by atoms with E-state index in [1.807, 2.05) is 26.0 Å². The highest BCUT2D eigenvalue weighted by atomic mass is 35.5. The van der Waals surface area contributed by atoms with Gasteiger partial charge in [0.25, 0.3) is 0 Å². The zero-order chi connectivity index (χ0) is 12.4. The maximum atomic E-state index is 10.3. The number of aliphatic hydroxyl groups excluding tert-OH is 1. The molecule has 90 valence electrons. The monoisotopic (exact) mass is 268 g/mol. The van der Waals surface area contributed by atoms with E-state index in [-0.39, 0.29) is 5.92 Å². The number of hydrogen-bond donors (Lipinski definition) is 1. The summed E-state index contributed by atoms with van der Waals surface area (Å²) in [5.74, 6) is 0.248. The van der Waals surface area contributed by atoms with Gasteiger partial charge >= 0.3 is 0 Å². The van der Waals surface area contributed by atoms with Crippen LogP contribution in [0.15, 0.2) is 24.3 Å². The molecule has 1 aromatic carbocycles. The van der Waals surface area contributed by atoms with Gasteiger partial charge in [0.15, 0.2) is 0 Å². The van der Waals surface area contributed by atoms with Crippen molar-refractivity contribution in [3.05, 3.63) is 45.4 Å². The van der Waals surface area contributed by atoms with E-state index in [0.717, 1.165) is 16.1 Å². The molecule has 0 aliphatic carbocycles. The van der Waals surface area contributed by atoms with Crippen LogP contribution in [0.4, 0.5) is 0 Å². The van der Waals surface area contributed by atoms with Crippen molar-refractivity contribution >= 4 is 23.1 Å². The summed E-state index contributed by atoms with van der Waals surface area (Å²) in [5, 5.41) is 15.0. The number of hydrogen-bond acceptors (Lipinski definition) is 4. The Balaban J connectivity index is 2.37. The summed E-state index contributed by atoms with van der Waals surface area (Å²) in [6, 6.07) is 7.22. The van der Waals surface area contributed by atoms with Gasteiger partial charge < -0.3 is 5.11 Å². The molecule has 0 fully saturated rings. The Bertz CT molecular complexity index is 513. The quantitative estimate of drug-likeness (QED) is 0.928. The first-order valence-corrected chi connectivity index (χ1v) is 6.50. The first-order chi connectivity index (χ1) is 8.09. The van der Waals surface area contributed by atoms with Gasteiger partial charge in [-0.2, -0.15) is 0 Å². The van der Waals surface area contributed by atoms with E-state index >= 15 is 0 Å². The lowest BCUT2D eigenvalue weighted by atomic mass is 10.0. The third-order valence-corrected chi connectivity index (χ3v) is 3.53. The van der Waals surface area contributed by atoms with Gasteiger partial charge in [0.2, 0.25) is 0 Å². The van der Waals surface area contributed by atoms with Crippen molar-refractivity contribution in [1.82, 2.24) is 9.59 Å². The van der Waals surface area contributed by atoms with Crippen LogP contribution in [0.5, 0.6) is 0 Å². The lowest BCUT2D eigenvalue weighted by Crippen LogP contribution is -2.02. The Labute approximate surface area is 109 Å². The van der Waals surface area contributed by atoms with E-state index in [1.165, 1.54) is 11.5 Å². The molecule has 1 N–H and O–H groups in total. The van der Waals surface area contributed by atoms with E-state index in [0.29, 0.717) is 5.02 Å². The summed E-state index contributed by atoms with van der Waals surface area (Å²) < 4.78 is 3.91. The van der Waals surface area contributed by atoms with Gasteiger partial charge in [-0.15, -0.1) is 5.10 Å². The van der Waals surface area contributed by atoms with E-state index < -0.39 is 6.10 Å². The fraction of sp³-hybridized carbons (Fsp3) is 0.333. The number of aliphatic hydroxyl groups is 1. The number of halogens is 1. The second-order valence-corrected chi connectivity index (χ2v) is 5.36. The van der Waals surface area contributed by atoms with Crippen LogP contribution >= 0.6 is 23.1 Å². The van der Waals surface area contributed by atoms with Crippen LogP contribution in [-0.4, -0.2) is 14.7 Å². The van der Waals surface area contributed by atoms with Crippen LogP contribution in [0.3, 0.4) is 0 Å². The molecule has 0 aliphatic rings.